The number of hydrogen-bond donors (Lipinski definition) is 2. The Morgan fingerprint density at radius 2 is 1.71 bits per heavy atom. The summed E-state index contributed by atoms with van der Waals surface area (Å²) in [6, 6.07) is 12.4. The summed E-state index contributed by atoms with van der Waals surface area (Å²) in [5.74, 6) is -1.41. The molecule has 0 aliphatic heterocycles. The normalized spacial score (nSPS) is 13.9. The molecule has 0 aliphatic carbocycles. The van der Waals surface area contributed by atoms with Crippen molar-refractivity contribution in [1.82, 2.24) is 4.57 Å². The van der Waals surface area contributed by atoms with Gasteiger partial charge < -0.3 is 24.7 Å². The summed E-state index contributed by atoms with van der Waals surface area (Å²) < 4.78 is 41.2. The number of aromatic nitrogens is 1. The third-order valence-electron chi connectivity index (χ3n) is 5.36. The SMILES string of the molecule is CC(C)n1c(/C=C/[C@H](O)C[C@H](O)CC(=O)[O-])c(-c2ccc(C(F)(F)F)cc2)c2ccccc21.[Na+]. The standard InChI is InChI=1S/C25H26F3NO4.Na/c1-15(2)29-21-6-4-3-5-20(21)24(16-7-9-17(10-8-16)25(26,27)28)22(29)12-11-18(30)13-19(31)14-23(32)33;/h3-12,15,18-19,30-31H,13-14H2,1-2H3,(H,32,33);/q;+1/p-1/b12-11+;/t18-,19-;/m0./s1. The number of aliphatic hydroxyl groups is 2. The molecule has 0 unspecified atom stereocenters. The predicted octanol–water partition coefficient (Wildman–Crippen LogP) is 1.18. The predicted molar refractivity (Wildman–Crippen MR) is 118 cm³/mol. The summed E-state index contributed by atoms with van der Waals surface area (Å²) in [6.07, 6.45) is -4.51. The Kier molecular flexibility index (Phi) is 9.56. The minimum Gasteiger partial charge on any atom is -0.550 e. The van der Waals surface area contributed by atoms with Gasteiger partial charge in [-0.2, -0.15) is 13.2 Å². The minimum absolute atomic E-state index is 0. The largest absolute Gasteiger partial charge is 1.00 e. The van der Waals surface area contributed by atoms with E-state index in [9.17, 15) is 33.3 Å². The number of aliphatic carboxylic acids is 1. The van der Waals surface area contributed by atoms with Crippen molar-refractivity contribution < 1.29 is 62.8 Å². The van der Waals surface area contributed by atoms with Crippen molar-refractivity contribution in [3.05, 3.63) is 65.9 Å². The number of rotatable bonds is 8. The van der Waals surface area contributed by atoms with Gasteiger partial charge >= 0.3 is 35.7 Å². The Hall–Kier alpha value is -2.10. The number of hydrogen-bond acceptors (Lipinski definition) is 4. The molecule has 176 valence electrons. The molecule has 2 aromatic carbocycles. The van der Waals surface area contributed by atoms with Crippen molar-refractivity contribution >= 4 is 22.9 Å². The van der Waals surface area contributed by atoms with Crippen molar-refractivity contribution in [3.8, 4) is 11.1 Å². The van der Waals surface area contributed by atoms with Gasteiger partial charge in [0.15, 0.2) is 0 Å². The van der Waals surface area contributed by atoms with E-state index in [-0.39, 0.29) is 42.0 Å². The summed E-state index contributed by atoms with van der Waals surface area (Å²) in [5.41, 5.74) is 2.12. The number of para-hydroxylation sites is 1. The summed E-state index contributed by atoms with van der Waals surface area (Å²) in [5, 5.41) is 31.5. The molecule has 0 spiro atoms. The zero-order valence-electron chi connectivity index (χ0n) is 19.2. The molecule has 3 rings (SSSR count). The molecule has 9 heteroatoms. The molecule has 2 atom stereocenters. The van der Waals surface area contributed by atoms with Crippen LogP contribution in [0.5, 0.6) is 0 Å². The number of carbonyl (C=O) groups excluding carboxylic acids is 1. The summed E-state index contributed by atoms with van der Waals surface area (Å²) >= 11 is 0. The second kappa shape index (κ2) is 11.6. The Bertz CT molecular complexity index is 1150. The molecule has 0 radical (unpaired) electrons. The Morgan fingerprint density at radius 1 is 1.09 bits per heavy atom. The Morgan fingerprint density at radius 3 is 2.26 bits per heavy atom. The van der Waals surface area contributed by atoms with Gasteiger partial charge in [-0.25, -0.2) is 0 Å². The average Bonchev–Trinajstić information content (AvgIpc) is 3.05. The molecule has 34 heavy (non-hydrogen) atoms. The van der Waals surface area contributed by atoms with Gasteiger partial charge in [-0.15, -0.1) is 0 Å². The fraction of sp³-hybridized carbons (Fsp3) is 0.320. The number of aliphatic hydroxyl groups excluding tert-OH is 2. The van der Waals surface area contributed by atoms with Crippen LogP contribution in [0.25, 0.3) is 28.1 Å². The molecular formula is C25H25F3NNaO4. The van der Waals surface area contributed by atoms with Crippen LogP contribution >= 0.6 is 0 Å². The zero-order chi connectivity index (χ0) is 24.3. The van der Waals surface area contributed by atoms with E-state index in [4.69, 9.17) is 0 Å². The monoisotopic (exact) mass is 483 g/mol. The first-order chi connectivity index (χ1) is 15.5. The van der Waals surface area contributed by atoms with Crippen molar-refractivity contribution in [2.45, 2.75) is 51.1 Å². The average molecular weight is 483 g/mol. The van der Waals surface area contributed by atoms with Crippen LogP contribution in [0.15, 0.2) is 54.6 Å². The van der Waals surface area contributed by atoms with Gasteiger partial charge in [0.25, 0.3) is 0 Å². The van der Waals surface area contributed by atoms with Gasteiger partial charge in [-0.05, 0) is 43.7 Å². The van der Waals surface area contributed by atoms with Crippen molar-refractivity contribution in [1.29, 1.82) is 0 Å². The second-order valence-electron chi connectivity index (χ2n) is 8.21. The van der Waals surface area contributed by atoms with Gasteiger partial charge in [0.1, 0.15) is 0 Å². The number of carboxylic acids is 1. The van der Waals surface area contributed by atoms with Crippen LogP contribution in [0.3, 0.4) is 0 Å². The molecule has 5 nitrogen and oxygen atoms in total. The maximum absolute atomic E-state index is 13.1. The Labute approximate surface area is 217 Å². The number of nitrogens with zero attached hydrogens (tertiary/aromatic N) is 1. The number of alkyl halides is 3. The molecule has 1 aromatic heterocycles. The quantitative estimate of drug-likeness (QED) is 0.472. The van der Waals surface area contributed by atoms with E-state index in [1.165, 1.54) is 18.2 Å². The van der Waals surface area contributed by atoms with E-state index >= 15 is 0 Å². The van der Waals surface area contributed by atoms with Gasteiger partial charge in [0.05, 0.1) is 17.8 Å². The molecule has 1 heterocycles. The third kappa shape index (κ3) is 6.52. The van der Waals surface area contributed by atoms with Crippen molar-refractivity contribution in [2.24, 2.45) is 0 Å². The van der Waals surface area contributed by atoms with Gasteiger partial charge in [-0.3, -0.25) is 0 Å². The van der Waals surface area contributed by atoms with Crippen LogP contribution in [0.4, 0.5) is 13.2 Å². The van der Waals surface area contributed by atoms with E-state index in [0.29, 0.717) is 16.8 Å². The van der Waals surface area contributed by atoms with Gasteiger partial charge in [0, 0.05) is 47.0 Å². The van der Waals surface area contributed by atoms with Crippen LogP contribution in [0.2, 0.25) is 0 Å². The first-order valence-electron chi connectivity index (χ1n) is 10.5. The maximum atomic E-state index is 13.1. The first-order valence-corrected chi connectivity index (χ1v) is 10.5. The number of fused-ring (bicyclic) bond motifs is 1. The first kappa shape index (κ1) is 28.1. The number of halogens is 3. The topological polar surface area (TPSA) is 85.5 Å². The molecule has 0 saturated carbocycles. The van der Waals surface area contributed by atoms with Crippen LogP contribution in [0.1, 0.15) is 44.0 Å². The number of carboxylic acid groups (broad SMARTS) is 1. The van der Waals surface area contributed by atoms with E-state index in [1.807, 2.05) is 42.7 Å². The van der Waals surface area contributed by atoms with E-state index in [0.717, 1.165) is 23.0 Å². The van der Waals surface area contributed by atoms with E-state index < -0.39 is 36.3 Å². The van der Waals surface area contributed by atoms with Crippen molar-refractivity contribution in [3.63, 3.8) is 0 Å². The third-order valence-corrected chi connectivity index (χ3v) is 5.36. The second-order valence-corrected chi connectivity index (χ2v) is 8.21. The number of carbonyl (C=O) groups is 1. The maximum Gasteiger partial charge on any atom is 1.00 e. The summed E-state index contributed by atoms with van der Waals surface area (Å²) in [7, 11) is 0. The zero-order valence-corrected chi connectivity index (χ0v) is 21.2. The van der Waals surface area contributed by atoms with Gasteiger partial charge in [0.2, 0.25) is 0 Å². The van der Waals surface area contributed by atoms with Crippen LogP contribution in [-0.4, -0.2) is 33.0 Å². The van der Waals surface area contributed by atoms with Crippen molar-refractivity contribution in [2.75, 3.05) is 0 Å². The number of benzene rings is 2. The molecule has 2 N–H and O–H groups in total. The van der Waals surface area contributed by atoms with Crippen LogP contribution in [-0.2, 0) is 11.0 Å². The molecular weight excluding hydrogens is 458 g/mol. The van der Waals surface area contributed by atoms with E-state index in [1.54, 1.807) is 6.08 Å². The minimum atomic E-state index is -4.44. The van der Waals surface area contributed by atoms with Crippen LogP contribution < -0.4 is 34.7 Å². The smallest absolute Gasteiger partial charge is 0.550 e. The fourth-order valence-corrected chi connectivity index (χ4v) is 3.97. The molecule has 0 amide bonds. The van der Waals surface area contributed by atoms with Crippen LogP contribution in [0, 0.1) is 0 Å². The molecule has 0 saturated heterocycles. The fourth-order valence-electron chi connectivity index (χ4n) is 3.97. The molecule has 0 bridgehead atoms. The van der Waals surface area contributed by atoms with E-state index in [2.05, 4.69) is 0 Å². The molecule has 3 aromatic rings. The van der Waals surface area contributed by atoms with Gasteiger partial charge in [-0.1, -0.05) is 36.4 Å². The summed E-state index contributed by atoms with van der Waals surface area (Å²) in [6.45, 7) is 3.95. The molecule has 0 fully saturated rings. The molecule has 0 aliphatic rings. The Balaban J connectivity index is 0.00000408. The summed E-state index contributed by atoms with van der Waals surface area (Å²) in [4.78, 5) is 10.6.